The summed E-state index contributed by atoms with van der Waals surface area (Å²) < 4.78 is 76.6. The van der Waals surface area contributed by atoms with Gasteiger partial charge in [-0.1, -0.05) is 0 Å². The Kier molecular flexibility index (Phi) is 4.57. The molecule has 0 aliphatic rings. The van der Waals surface area contributed by atoms with E-state index < -0.39 is 37.4 Å². The first-order valence-electron chi connectivity index (χ1n) is 3.58. The Morgan fingerprint density at radius 1 is 0.750 bits per heavy atom. The molecule has 0 aromatic heterocycles. The van der Waals surface area contributed by atoms with E-state index in [1.807, 2.05) is 0 Å². The van der Waals surface area contributed by atoms with Gasteiger partial charge in [0.1, 0.15) is 0 Å². The maximum Gasteiger partial charge on any atom is 0.422 e. The Morgan fingerprint density at radius 3 is 1.19 bits per heavy atom. The van der Waals surface area contributed by atoms with Crippen molar-refractivity contribution in [2.75, 3.05) is 13.2 Å². The Bertz CT molecular complexity index is 243. The second kappa shape index (κ2) is 5.03. The summed E-state index contributed by atoms with van der Waals surface area (Å²) in [5, 5.41) is 13.3. The van der Waals surface area contributed by atoms with Crippen LogP contribution in [0, 0.1) is 10.8 Å². The standard InChI is InChI=1S/C6H6F6N2O2/c7-5(8,9)1-15-3(13)4(14)16-2-6(10,11)12/h13-14H,1-2H2. The van der Waals surface area contributed by atoms with E-state index >= 15 is 0 Å². The minimum Gasteiger partial charge on any atom is -0.465 e. The van der Waals surface area contributed by atoms with Gasteiger partial charge in [0, 0.05) is 0 Å². The molecule has 0 radical (unpaired) electrons. The second-order valence-corrected chi connectivity index (χ2v) is 2.47. The molecule has 0 saturated heterocycles. The third-order valence-electron chi connectivity index (χ3n) is 0.967. The summed E-state index contributed by atoms with van der Waals surface area (Å²) in [5.74, 6) is -2.83. The van der Waals surface area contributed by atoms with Gasteiger partial charge in [-0.2, -0.15) is 26.3 Å². The summed E-state index contributed by atoms with van der Waals surface area (Å²) in [7, 11) is 0. The summed E-state index contributed by atoms with van der Waals surface area (Å²) in [6.45, 7) is -3.74. The fourth-order valence-corrected chi connectivity index (χ4v) is 0.439. The topological polar surface area (TPSA) is 66.2 Å². The zero-order valence-electron chi connectivity index (χ0n) is 7.50. The van der Waals surface area contributed by atoms with Crippen molar-refractivity contribution in [3.05, 3.63) is 0 Å². The Morgan fingerprint density at radius 2 is 1.00 bits per heavy atom. The molecule has 0 unspecified atom stereocenters. The van der Waals surface area contributed by atoms with Crippen LogP contribution >= 0.6 is 0 Å². The molecule has 0 heterocycles. The van der Waals surface area contributed by atoms with E-state index in [9.17, 15) is 26.3 Å². The van der Waals surface area contributed by atoms with Gasteiger partial charge in [0.2, 0.25) is 0 Å². The Labute approximate surface area is 85.2 Å². The highest BCUT2D eigenvalue weighted by Crippen LogP contribution is 2.16. The lowest BCUT2D eigenvalue weighted by Gasteiger charge is -2.12. The summed E-state index contributed by atoms with van der Waals surface area (Å²) in [6.07, 6.45) is -9.48. The van der Waals surface area contributed by atoms with Crippen molar-refractivity contribution in [2.45, 2.75) is 12.4 Å². The number of alkyl halides is 6. The maximum absolute atomic E-state index is 11.5. The van der Waals surface area contributed by atoms with Crippen LogP contribution in [-0.2, 0) is 9.47 Å². The first-order valence-corrected chi connectivity index (χ1v) is 3.58. The van der Waals surface area contributed by atoms with E-state index in [4.69, 9.17) is 10.8 Å². The lowest BCUT2D eigenvalue weighted by molar-refractivity contribution is -0.159. The molecule has 0 amide bonds. The monoisotopic (exact) mass is 252 g/mol. The van der Waals surface area contributed by atoms with Crippen LogP contribution in [0.3, 0.4) is 0 Å². The summed E-state index contributed by atoms with van der Waals surface area (Å²) in [6, 6.07) is 0. The molecule has 10 heteroatoms. The molecule has 0 bridgehead atoms. The van der Waals surface area contributed by atoms with Crippen LogP contribution in [0.1, 0.15) is 0 Å². The lowest BCUT2D eigenvalue weighted by atomic mass is 10.6. The maximum atomic E-state index is 11.5. The molecule has 0 aromatic carbocycles. The number of hydrogen-bond acceptors (Lipinski definition) is 4. The van der Waals surface area contributed by atoms with Crippen molar-refractivity contribution in [2.24, 2.45) is 0 Å². The first kappa shape index (κ1) is 14.5. The molecular formula is C6H6F6N2O2. The van der Waals surface area contributed by atoms with E-state index in [1.54, 1.807) is 0 Å². The molecule has 0 rings (SSSR count). The van der Waals surface area contributed by atoms with Crippen LogP contribution in [-0.4, -0.2) is 37.4 Å². The van der Waals surface area contributed by atoms with Gasteiger partial charge in [0.25, 0.3) is 11.8 Å². The largest absolute Gasteiger partial charge is 0.465 e. The summed E-state index contributed by atoms with van der Waals surface area (Å²) >= 11 is 0. The van der Waals surface area contributed by atoms with E-state index in [0.29, 0.717) is 0 Å². The number of rotatable bonds is 2. The van der Waals surface area contributed by atoms with Crippen LogP contribution in [0.15, 0.2) is 0 Å². The van der Waals surface area contributed by atoms with Crippen molar-refractivity contribution >= 4 is 11.8 Å². The fraction of sp³-hybridized carbons (Fsp3) is 0.667. The Hall–Kier alpha value is -1.48. The fourth-order valence-electron chi connectivity index (χ4n) is 0.439. The van der Waals surface area contributed by atoms with Crippen LogP contribution in [0.2, 0.25) is 0 Å². The van der Waals surface area contributed by atoms with Gasteiger partial charge in [0.05, 0.1) is 0 Å². The van der Waals surface area contributed by atoms with Crippen molar-refractivity contribution in [3.8, 4) is 0 Å². The molecule has 0 atom stereocenters. The average molecular weight is 252 g/mol. The molecular weight excluding hydrogens is 246 g/mol. The van der Waals surface area contributed by atoms with E-state index in [2.05, 4.69) is 9.47 Å². The highest BCUT2D eigenvalue weighted by Gasteiger charge is 2.32. The van der Waals surface area contributed by atoms with Gasteiger partial charge >= 0.3 is 12.4 Å². The van der Waals surface area contributed by atoms with Crippen LogP contribution in [0.25, 0.3) is 0 Å². The molecule has 0 spiro atoms. The van der Waals surface area contributed by atoms with Gasteiger partial charge in [-0.25, -0.2) is 0 Å². The minimum atomic E-state index is -4.74. The molecule has 0 saturated carbocycles. The normalized spacial score (nSPS) is 12.1. The average Bonchev–Trinajstić information content (AvgIpc) is 2.07. The SMILES string of the molecule is N=C(OCC(F)(F)F)C(=N)OCC(F)(F)F. The van der Waals surface area contributed by atoms with Gasteiger partial charge < -0.3 is 9.47 Å². The van der Waals surface area contributed by atoms with Gasteiger partial charge in [-0.3, -0.25) is 10.8 Å². The predicted octanol–water partition coefficient (Wildman–Crippen LogP) is 2.10. The molecule has 0 aliphatic heterocycles. The zero-order valence-corrected chi connectivity index (χ0v) is 7.50. The number of ether oxygens (including phenoxy) is 2. The van der Waals surface area contributed by atoms with Gasteiger partial charge in [0.15, 0.2) is 13.2 Å². The van der Waals surface area contributed by atoms with E-state index in [-0.39, 0.29) is 0 Å². The third kappa shape index (κ3) is 7.88. The van der Waals surface area contributed by atoms with Crippen molar-refractivity contribution in [1.82, 2.24) is 0 Å². The highest BCUT2D eigenvalue weighted by atomic mass is 19.4. The van der Waals surface area contributed by atoms with Crippen molar-refractivity contribution in [1.29, 1.82) is 10.8 Å². The van der Waals surface area contributed by atoms with Crippen LogP contribution < -0.4 is 0 Å². The molecule has 0 aromatic rings. The van der Waals surface area contributed by atoms with Gasteiger partial charge in [-0.15, -0.1) is 0 Å². The Balaban J connectivity index is 3.97. The second-order valence-electron chi connectivity index (χ2n) is 2.47. The van der Waals surface area contributed by atoms with Gasteiger partial charge in [-0.05, 0) is 0 Å². The minimum absolute atomic E-state index is 1.42. The molecule has 2 N–H and O–H groups in total. The number of halogens is 6. The molecule has 0 aliphatic carbocycles. The summed E-state index contributed by atoms with van der Waals surface area (Å²) in [4.78, 5) is 0. The molecule has 94 valence electrons. The zero-order chi connectivity index (χ0) is 13.0. The van der Waals surface area contributed by atoms with Crippen LogP contribution in [0.5, 0.6) is 0 Å². The smallest absolute Gasteiger partial charge is 0.422 e. The third-order valence-corrected chi connectivity index (χ3v) is 0.967. The molecule has 0 fully saturated rings. The first-order chi connectivity index (χ1) is 7.01. The predicted molar refractivity (Wildman–Crippen MR) is 39.5 cm³/mol. The summed E-state index contributed by atoms with van der Waals surface area (Å²) in [5.41, 5.74) is 0. The van der Waals surface area contributed by atoms with Crippen molar-refractivity contribution in [3.63, 3.8) is 0 Å². The number of nitrogens with one attached hydrogen (secondary N) is 2. The van der Waals surface area contributed by atoms with E-state index in [1.165, 1.54) is 0 Å². The highest BCUT2D eigenvalue weighted by molar-refractivity contribution is 6.32. The lowest BCUT2D eigenvalue weighted by Crippen LogP contribution is -2.28. The number of hydrogen-bond donors (Lipinski definition) is 2. The quantitative estimate of drug-likeness (QED) is 0.449. The molecule has 16 heavy (non-hydrogen) atoms. The van der Waals surface area contributed by atoms with Crippen molar-refractivity contribution < 1.29 is 35.8 Å². The molecule has 4 nitrogen and oxygen atoms in total. The van der Waals surface area contributed by atoms with Crippen LogP contribution in [0.4, 0.5) is 26.3 Å². The van der Waals surface area contributed by atoms with E-state index in [0.717, 1.165) is 0 Å².